The molecule has 2 N–H and O–H groups in total. The molecule has 0 saturated carbocycles. The van der Waals surface area contributed by atoms with Gasteiger partial charge in [-0.05, 0) is 37.6 Å². The minimum Gasteiger partial charge on any atom is -0.494 e. The van der Waals surface area contributed by atoms with Gasteiger partial charge in [0.2, 0.25) is 5.91 Å². The van der Waals surface area contributed by atoms with Crippen molar-refractivity contribution in [3.8, 4) is 5.75 Å². The number of carbonyl (C=O) groups excluding carboxylic acids is 1. The first-order chi connectivity index (χ1) is 8.52. The first-order valence-corrected chi connectivity index (χ1v) is 5.78. The lowest BCUT2D eigenvalue weighted by Crippen LogP contribution is -2.13. The van der Waals surface area contributed by atoms with Crippen molar-refractivity contribution in [2.24, 2.45) is 0 Å². The third kappa shape index (κ3) is 4.45. The van der Waals surface area contributed by atoms with Crippen LogP contribution in [0.5, 0.6) is 5.75 Å². The van der Waals surface area contributed by atoms with E-state index in [1.165, 1.54) is 0 Å². The van der Waals surface area contributed by atoms with Crippen LogP contribution >= 0.6 is 0 Å². The van der Waals surface area contributed by atoms with Crippen LogP contribution in [-0.4, -0.2) is 23.6 Å². The van der Waals surface area contributed by atoms with Crippen LogP contribution in [0.3, 0.4) is 0 Å². The second kappa shape index (κ2) is 6.64. The number of nitrogens with one attached hydrogen (secondary N) is 1. The molecule has 5 heteroatoms. The van der Waals surface area contributed by atoms with Crippen LogP contribution < -0.4 is 10.1 Å². The highest BCUT2D eigenvalue weighted by atomic mass is 16.5. The van der Waals surface area contributed by atoms with Crippen LogP contribution in [0.1, 0.15) is 25.3 Å². The van der Waals surface area contributed by atoms with E-state index >= 15 is 0 Å². The van der Waals surface area contributed by atoms with Crippen LogP contribution in [0, 0.1) is 6.92 Å². The van der Waals surface area contributed by atoms with E-state index in [1.54, 1.807) is 18.2 Å². The number of ether oxygens (including phenoxy) is 1. The topological polar surface area (TPSA) is 75.6 Å². The van der Waals surface area contributed by atoms with Gasteiger partial charge in [-0.25, -0.2) is 0 Å². The molecule has 18 heavy (non-hydrogen) atoms. The summed E-state index contributed by atoms with van der Waals surface area (Å²) in [6.45, 7) is 4.38. The van der Waals surface area contributed by atoms with E-state index in [0.717, 1.165) is 11.3 Å². The lowest BCUT2D eigenvalue weighted by Gasteiger charge is -2.09. The number of aliphatic carboxylic acids is 1. The van der Waals surface area contributed by atoms with Gasteiger partial charge < -0.3 is 15.2 Å². The summed E-state index contributed by atoms with van der Waals surface area (Å²) in [6, 6.07) is 5.31. The Morgan fingerprint density at radius 1 is 1.33 bits per heavy atom. The summed E-state index contributed by atoms with van der Waals surface area (Å²) in [4.78, 5) is 21.8. The summed E-state index contributed by atoms with van der Waals surface area (Å²) >= 11 is 0. The third-order valence-corrected chi connectivity index (χ3v) is 2.32. The number of hydrogen-bond acceptors (Lipinski definition) is 3. The molecule has 1 rings (SSSR count). The molecule has 0 aliphatic carbocycles. The predicted molar refractivity (Wildman–Crippen MR) is 67.8 cm³/mol. The van der Waals surface area contributed by atoms with E-state index in [0.29, 0.717) is 12.3 Å². The fourth-order valence-electron chi connectivity index (χ4n) is 1.49. The number of anilines is 1. The molecule has 0 spiro atoms. The van der Waals surface area contributed by atoms with E-state index in [1.807, 2.05) is 13.8 Å². The number of amides is 1. The van der Waals surface area contributed by atoms with Crippen molar-refractivity contribution in [1.82, 2.24) is 0 Å². The van der Waals surface area contributed by atoms with E-state index in [4.69, 9.17) is 9.84 Å². The lowest BCUT2D eigenvalue weighted by molar-refractivity contribution is -0.138. The molecule has 5 nitrogen and oxygen atoms in total. The monoisotopic (exact) mass is 251 g/mol. The van der Waals surface area contributed by atoms with Gasteiger partial charge in [0.15, 0.2) is 0 Å². The molecule has 0 atom stereocenters. The molecule has 0 fully saturated rings. The van der Waals surface area contributed by atoms with Crippen molar-refractivity contribution in [2.75, 3.05) is 11.9 Å². The summed E-state index contributed by atoms with van der Waals surface area (Å²) in [5.41, 5.74) is 1.57. The Hall–Kier alpha value is -2.04. The molecule has 98 valence electrons. The molecule has 0 heterocycles. The Bertz CT molecular complexity index is 443. The maximum Gasteiger partial charge on any atom is 0.303 e. The Morgan fingerprint density at radius 3 is 2.61 bits per heavy atom. The van der Waals surface area contributed by atoms with Crippen LogP contribution in [0.25, 0.3) is 0 Å². The van der Waals surface area contributed by atoms with Crippen molar-refractivity contribution in [2.45, 2.75) is 26.7 Å². The second-order valence-electron chi connectivity index (χ2n) is 3.86. The number of hydrogen-bond donors (Lipinski definition) is 2. The zero-order valence-electron chi connectivity index (χ0n) is 10.5. The van der Waals surface area contributed by atoms with Crippen molar-refractivity contribution in [3.63, 3.8) is 0 Å². The summed E-state index contributed by atoms with van der Waals surface area (Å²) in [5.74, 6) is -0.505. The fourth-order valence-corrected chi connectivity index (χ4v) is 1.49. The summed E-state index contributed by atoms with van der Waals surface area (Å²) in [5, 5.41) is 11.1. The number of benzene rings is 1. The van der Waals surface area contributed by atoms with E-state index in [2.05, 4.69) is 5.32 Å². The molecule has 1 aromatic carbocycles. The van der Waals surface area contributed by atoms with Gasteiger partial charge in [0, 0.05) is 12.1 Å². The smallest absolute Gasteiger partial charge is 0.303 e. The van der Waals surface area contributed by atoms with E-state index in [9.17, 15) is 9.59 Å². The van der Waals surface area contributed by atoms with Crippen molar-refractivity contribution < 1.29 is 19.4 Å². The predicted octanol–water partition coefficient (Wildman–Crippen LogP) is 2.20. The van der Waals surface area contributed by atoms with Gasteiger partial charge >= 0.3 is 5.97 Å². The second-order valence-corrected chi connectivity index (χ2v) is 3.86. The SMILES string of the molecule is CCOc1ccc(NC(=O)CCC(=O)O)cc1C. The number of carboxylic acids is 1. The lowest BCUT2D eigenvalue weighted by atomic mass is 10.2. The zero-order valence-corrected chi connectivity index (χ0v) is 10.5. The van der Waals surface area contributed by atoms with Crippen LogP contribution in [-0.2, 0) is 9.59 Å². The van der Waals surface area contributed by atoms with Gasteiger partial charge in [-0.2, -0.15) is 0 Å². The van der Waals surface area contributed by atoms with Gasteiger partial charge in [0.05, 0.1) is 13.0 Å². The van der Waals surface area contributed by atoms with Gasteiger partial charge in [0.25, 0.3) is 0 Å². The maximum atomic E-state index is 11.4. The standard InChI is InChI=1S/C13H17NO4/c1-3-18-11-5-4-10(8-9(11)2)14-12(15)6-7-13(16)17/h4-5,8H,3,6-7H2,1-2H3,(H,14,15)(H,16,17). The summed E-state index contributed by atoms with van der Waals surface area (Å²) in [6.07, 6.45) is -0.191. The number of rotatable bonds is 6. The van der Waals surface area contributed by atoms with E-state index < -0.39 is 5.97 Å². The third-order valence-electron chi connectivity index (χ3n) is 2.32. The molecule has 0 aromatic heterocycles. The fraction of sp³-hybridized carbons (Fsp3) is 0.385. The molecule has 1 aromatic rings. The molecular weight excluding hydrogens is 234 g/mol. The van der Waals surface area contributed by atoms with Gasteiger partial charge in [0.1, 0.15) is 5.75 Å². The Morgan fingerprint density at radius 2 is 2.06 bits per heavy atom. The maximum absolute atomic E-state index is 11.4. The van der Waals surface area contributed by atoms with Crippen LogP contribution in [0.4, 0.5) is 5.69 Å². The van der Waals surface area contributed by atoms with Gasteiger partial charge in [-0.3, -0.25) is 9.59 Å². The molecule has 0 aliphatic rings. The average Bonchev–Trinajstić information content (AvgIpc) is 2.30. The first kappa shape index (κ1) is 14.0. The highest BCUT2D eigenvalue weighted by molar-refractivity contribution is 5.92. The minimum atomic E-state index is -0.979. The molecule has 0 saturated heterocycles. The quantitative estimate of drug-likeness (QED) is 0.812. The van der Waals surface area contributed by atoms with Crippen molar-refractivity contribution in [1.29, 1.82) is 0 Å². The molecule has 0 unspecified atom stereocenters. The molecule has 1 amide bonds. The minimum absolute atomic E-state index is 0.0262. The highest BCUT2D eigenvalue weighted by Gasteiger charge is 2.07. The number of carboxylic acid groups (broad SMARTS) is 1. The Balaban J connectivity index is 2.60. The number of carbonyl (C=O) groups is 2. The first-order valence-electron chi connectivity index (χ1n) is 5.78. The molecule has 0 bridgehead atoms. The Kier molecular flexibility index (Phi) is 5.17. The number of aryl methyl sites for hydroxylation is 1. The largest absolute Gasteiger partial charge is 0.494 e. The normalized spacial score (nSPS) is 9.89. The van der Waals surface area contributed by atoms with Crippen LogP contribution in [0.15, 0.2) is 18.2 Å². The molecule has 0 radical (unpaired) electrons. The van der Waals surface area contributed by atoms with Gasteiger partial charge in [-0.1, -0.05) is 0 Å². The highest BCUT2D eigenvalue weighted by Crippen LogP contribution is 2.22. The zero-order chi connectivity index (χ0) is 13.5. The summed E-state index contributed by atoms with van der Waals surface area (Å²) in [7, 11) is 0. The average molecular weight is 251 g/mol. The Labute approximate surface area is 106 Å². The van der Waals surface area contributed by atoms with Crippen molar-refractivity contribution >= 4 is 17.6 Å². The summed E-state index contributed by atoms with van der Waals surface area (Å²) < 4.78 is 5.39. The van der Waals surface area contributed by atoms with Crippen molar-refractivity contribution in [3.05, 3.63) is 23.8 Å². The van der Waals surface area contributed by atoms with Crippen LogP contribution in [0.2, 0.25) is 0 Å². The molecular formula is C13H17NO4. The molecule has 0 aliphatic heterocycles. The van der Waals surface area contributed by atoms with Gasteiger partial charge in [-0.15, -0.1) is 0 Å². The van der Waals surface area contributed by atoms with E-state index in [-0.39, 0.29) is 18.7 Å².